The van der Waals surface area contributed by atoms with E-state index in [4.69, 9.17) is 4.74 Å². The fraction of sp³-hybridized carbons (Fsp3) is 0.500. The maximum Gasteiger partial charge on any atom is 0.358 e. The molecular weight excluding hydrogens is 356 g/mol. The molecule has 2 aromatic rings. The summed E-state index contributed by atoms with van der Waals surface area (Å²) in [5.41, 5.74) is 1.24. The van der Waals surface area contributed by atoms with Crippen LogP contribution in [0.2, 0.25) is 0 Å². The van der Waals surface area contributed by atoms with Gasteiger partial charge in [-0.1, -0.05) is 27.7 Å². The highest BCUT2D eigenvalue weighted by Crippen LogP contribution is 2.25. The van der Waals surface area contributed by atoms with E-state index in [0.717, 1.165) is 10.6 Å². The Labute approximate surface area is 156 Å². The molecule has 0 fully saturated rings. The van der Waals surface area contributed by atoms with Gasteiger partial charge in [0.2, 0.25) is 0 Å². The molecule has 0 aliphatic heterocycles. The molecule has 0 saturated carbocycles. The van der Waals surface area contributed by atoms with Gasteiger partial charge in [0.1, 0.15) is 5.01 Å². The molecule has 2 heterocycles. The van der Waals surface area contributed by atoms with Crippen LogP contribution in [0.1, 0.15) is 38.2 Å². The second kappa shape index (κ2) is 9.10. The second-order valence-electron chi connectivity index (χ2n) is 6.71. The number of amides is 1. The van der Waals surface area contributed by atoms with Gasteiger partial charge in [0.15, 0.2) is 12.3 Å². The summed E-state index contributed by atoms with van der Waals surface area (Å²) in [5.74, 6) is 0.0133. The highest BCUT2D eigenvalue weighted by Gasteiger charge is 2.20. The van der Waals surface area contributed by atoms with Gasteiger partial charge in [0.25, 0.3) is 5.91 Å². The van der Waals surface area contributed by atoms with E-state index >= 15 is 0 Å². The number of hydrogen-bond acceptors (Lipinski definition) is 6. The maximum atomic E-state index is 12.4. The van der Waals surface area contributed by atoms with E-state index in [2.05, 4.69) is 32.7 Å². The summed E-state index contributed by atoms with van der Waals surface area (Å²) < 4.78 is 5.18. The average molecular weight is 381 g/mol. The Morgan fingerprint density at radius 3 is 2.40 bits per heavy atom. The zero-order valence-corrected chi connectivity index (χ0v) is 16.7. The Bertz CT molecular complexity index is 683. The van der Waals surface area contributed by atoms with Crippen molar-refractivity contribution in [3.63, 3.8) is 0 Å². The number of ether oxygens (including phenoxy) is 1. The van der Waals surface area contributed by atoms with Crippen LogP contribution in [0, 0.1) is 11.8 Å². The molecule has 0 N–H and O–H groups in total. The van der Waals surface area contributed by atoms with E-state index < -0.39 is 5.97 Å². The average Bonchev–Trinajstić information content (AvgIpc) is 3.21. The molecule has 0 aliphatic carbocycles. The summed E-state index contributed by atoms with van der Waals surface area (Å²) in [6.07, 6.45) is 0. The minimum atomic E-state index is -0.555. The number of carbonyl (C=O) groups is 2. The van der Waals surface area contributed by atoms with E-state index in [0.29, 0.717) is 24.9 Å². The Morgan fingerprint density at radius 1 is 1.16 bits per heavy atom. The van der Waals surface area contributed by atoms with Gasteiger partial charge in [-0.15, -0.1) is 11.3 Å². The number of hydrogen-bond donors (Lipinski definition) is 0. The third kappa shape index (κ3) is 5.93. The van der Waals surface area contributed by atoms with Gasteiger partial charge >= 0.3 is 5.97 Å². The molecule has 1 amide bonds. The van der Waals surface area contributed by atoms with Crippen LogP contribution < -0.4 is 0 Å². The minimum Gasteiger partial charge on any atom is -0.451 e. The first-order chi connectivity index (χ1) is 11.9. The van der Waals surface area contributed by atoms with Crippen LogP contribution in [0.25, 0.3) is 10.6 Å². The SMILES string of the molecule is CC(C)CN(CC(C)C)C(=O)COC(=O)c1csc(-c2ccsc2)n1. The number of esters is 1. The van der Waals surface area contributed by atoms with Gasteiger partial charge in [-0.3, -0.25) is 4.79 Å². The van der Waals surface area contributed by atoms with E-state index in [9.17, 15) is 9.59 Å². The molecule has 0 aromatic carbocycles. The Balaban J connectivity index is 1.92. The standard InChI is InChI=1S/C18H24N2O3S2/c1-12(2)7-20(8-13(3)4)16(21)9-23-18(22)15-11-25-17(19-15)14-5-6-24-10-14/h5-6,10-13H,7-9H2,1-4H3. The van der Waals surface area contributed by atoms with Crippen molar-refractivity contribution >= 4 is 34.6 Å². The fourth-order valence-corrected chi connectivity index (χ4v) is 3.84. The molecule has 2 rings (SSSR count). The van der Waals surface area contributed by atoms with E-state index in [-0.39, 0.29) is 18.2 Å². The van der Waals surface area contributed by atoms with Crippen LogP contribution in [0.5, 0.6) is 0 Å². The second-order valence-corrected chi connectivity index (χ2v) is 8.35. The topological polar surface area (TPSA) is 59.5 Å². The van der Waals surface area contributed by atoms with Crippen molar-refractivity contribution in [2.75, 3.05) is 19.7 Å². The third-order valence-corrected chi connectivity index (χ3v) is 4.91. The van der Waals surface area contributed by atoms with E-state index in [1.54, 1.807) is 21.6 Å². The molecule has 0 unspecified atom stereocenters. The maximum absolute atomic E-state index is 12.4. The summed E-state index contributed by atoms with van der Waals surface area (Å²) in [7, 11) is 0. The summed E-state index contributed by atoms with van der Waals surface area (Å²) in [4.78, 5) is 30.6. The number of nitrogens with zero attached hydrogens (tertiary/aromatic N) is 2. The van der Waals surface area contributed by atoms with Gasteiger partial charge in [-0.05, 0) is 23.3 Å². The van der Waals surface area contributed by atoms with E-state index in [1.807, 2.05) is 16.8 Å². The van der Waals surface area contributed by atoms with Crippen LogP contribution in [-0.4, -0.2) is 41.5 Å². The van der Waals surface area contributed by atoms with Crippen molar-refractivity contribution in [2.45, 2.75) is 27.7 Å². The lowest BCUT2D eigenvalue weighted by Gasteiger charge is -2.26. The summed E-state index contributed by atoms with van der Waals surface area (Å²) in [5, 5.41) is 6.39. The Kier molecular flexibility index (Phi) is 7.13. The molecule has 0 aliphatic rings. The molecule has 0 spiro atoms. The largest absolute Gasteiger partial charge is 0.451 e. The lowest BCUT2D eigenvalue weighted by Crippen LogP contribution is -2.39. The zero-order chi connectivity index (χ0) is 18.4. The molecule has 0 saturated heterocycles. The van der Waals surface area contributed by atoms with Crippen LogP contribution in [0.4, 0.5) is 0 Å². The van der Waals surface area contributed by atoms with Gasteiger partial charge in [-0.25, -0.2) is 9.78 Å². The first kappa shape index (κ1) is 19.6. The lowest BCUT2D eigenvalue weighted by atomic mass is 10.1. The summed E-state index contributed by atoms with van der Waals surface area (Å²) in [6, 6.07) is 1.96. The Morgan fingerprint density at radius 2 is 1.84 bits per heavy atom. The van der Waals surface area contributed by atoms with E-state index in [1.165, 1.54) is 11.3 Å². The van der Waals surface area contributed by atoms with Crippen molar-refractivity contribution < 1.29 is 14.3 Å². The quantitative estimate of drug-likeness (QED) is 0.645. The van der Waals surface area contributed by atoms with Crippen molar-refractivity contribution in [2.24, 2.45) is 11.8 Å². The molecule has 0 radical (unpaired) electrons. The molecule has 5 nitrogen and oxygen atoms in total. The van der Waals surface area contributed by atoms with Crippen molar-refractivity contribution in [3.8, 4) is 10.6 Å². The van der Waals surface area contributed by atoms with Gasteiger partial charge in [0.05, 0.1) is 0 Å². The van der Waals surface area contributed by atoms with Crippen LogP contribution in [0.3, 0.4) is 0 Å². The van der Waals surface area contributed by atoms with Crippen LogP contribution in [-0.2, 0) is 9.53 Å². The summed E-state index contributed by atoms with van der Waals surface area (Å²) in [6.45, 7) is 9.33. The van der Waals surface area contributed by atoms with Crippen LogP contribution >= 0.6 is 22.7 Å². The highest BCUT2D eigenvalue weighted by atomic mass is 32.1. The molecule has 2 aromatic heterocycles. The molecule has 136 valence electrons. The Hall–Kier alpha value is -1.73. The molecule has 0 bridgehead atoms. The number of thiazole rings is 1. The van der Waals surface area contributed by atoms with Gasteiger partial charge in [0, 0.05) is 29.4 Å². The molecule has 7 heteroatoms. The monoisotopic (exact) mass is 380 g/mol. The lowest BCUT2D eigenvalue weighted by molar-refractivity contribution is -0.135. The highest BCUT2D eigenvalue weighted by molar-refractivity contribution is 7.14. The summed E-state index contributed by atoms with van der Waals surface area (Å²) >= 11 is 2.97. The van der Waals surface area contributed by atoms with Crippen LogP contribution in [0.15, 0.2) is 22.2 Å². The molecule has 0 atom stereocenters. The number of thiophene rings is 1. The first-order valence-electron chi connectivity index (χ1n) is 8.29. The van der Waals surface area contributed by atoms with Gasteiger partial charge < -0.3 is 9.64 Å². The molecular formula is C18H24N2O3S2. The normalized spacial score (nSPS) is 11.1. The fourth-order valence-electron chi connectivity index (χ4n) is 2.34. The zero-order valence-electron chi connectivity index (χ0n) is 15.0. The molecule has 25 heavy (non-hydrogen) atoms. The van der Waals surface area contributed by atoms with Crippen molar-refractivity contribution in [1.29, 1.82) is 0 Å². The third-order valence-electron chi connectivity index (χ3n) is 3.33. The van der Waals surface area contributed by atoms with Crippen molar-refractivity contribution in [3.05, 3.63) is 27.9 Å². The van der Waals surface area contributed by atoms with Gasteiger partial charge in [-0.2, -0.15) is 11.3 Å². The first-order valence-corrected chi connectivity index (χ1v) is 10.1. The minimum absolute atomic E-state index is 0.163. The number of rotatable bonds is 8. The smallest absolute Gasteiger partial charge is 0.358 e. The predicted octanol–water partition coefficient (Wildman–Crippen LogP) is 4.17. The number of carbonyl (C=O) groups excluding carboxylic acids is 2. The predicted molar refractivity (Wildman–Crippen MR) is 102 cm³/mol. The van der Waals surface area contributed by atoms with Crippen molar-refractivity contribution in [1.82, 2.24) is 9.88 Å². The number of aromatic nitrogens is 1.